The zero-order valence-electron chi connectivity index (χ0n) is 10.8. The van der Waals surface area contributed by atoms with Crippen molar-refractivity contribution in [2.75, 3.05) is 11.9 Å². The van der Waals surface area contributed by atoms with Crippen LogP contribution in [-0.2, 0) is 14.3 Å². The highest BCUT2D eigenvalue weighted by atomic mass is 35.5. The SMILES string of the molecule is CCOC(=O)CCC(=O)Nc1cc(Cl)ccc1C(=O)O. The Morgan fingerprint density at radius 1 is 1.30 bits per heavy atom. The molecule has 0 unspecified atom stereocenters. The second kappa shape index (κ2) is 7.49. The molecule has 6 nitrogen and oxygen atoms in total. The van der Waals surface area contributed by atoms with E-state index in [1.54, 1.807) is 6.92 Å². The average Bonchev–Trinajstić information content (AvgIpc) is 2.36. The Labute approximate surface area is 120 Å². The van der Waals surface area contributed by atoms with Crippen molar-refractivity contribution in [1.82, 2.24) is 0 Å². The molecule has 0 heterocycles. The minimum atomic E-state index is -1.18. The molecule has 0 bridgehead atoms. The van der Waals surface area contributed by atoms with E-state index in [1.807, 2.05) is 0 Å². The van der Waals surface area contributed by atoms with E-state index in [0.717, 1.165) is 0 Å². The molecule has 0 aromatic heterocycles. The molecule has 0 aliphatic carbocycles. The molecule has 0 saturated heterocycles. The standard InChI is InChI=1S/C13H14ClNO5/c1-2-20-12(17)6-5-11(16)15-10-7-8(14)3-4-9(10)13(18)19/h3-4,7H,2,5-6H2,1H3,(H,15,16)(H,18,19). The molecular formula is C13H14ClNO5. The van der Waals surface area contributed by atoms with Crippen molar-refractivity contribution in [3.05, 3.63) is 28.8 Å². The van der Waals surface area contributed by atoms with Crippen molar-refractivity contribution < 1.29 is 24.2 Å². The molecule has 0 aliphatic heterocycles. The van der Waals surface area contributed by atoms with Crippen LogP contribution in [0.2, 0.25) is 5.02 Å². The summed E-state index contributed by atoms with van der Waals surface area (Å²) in [7, 11) is 0. The highest BCUT2D eigenvalue weighted by Gasteiger charge is 2.14. The topological polar surface area (TPSA) is 92.7 Å². The van der Waals surface area contributed by atoms with Crippen molar-refractivity contribution in [2.45, 2.75) is 19.8 Å². The number of halogens is 1. The molecule has 0 aliphatic rings. The molecule has 1 aromatic carbocycles. The third-order valence-corrected chi connectivity index (χ3v) is 2.58. The Kier molecular flexibility index (Phi) is 5.99. The summed E-state index contributed by atoms with van der Waals surface area (Å²) in [6, 6.07) is 4.05. The number of carboxylic acid groups (broad SMARTS) is 1. The van der Waals surface area contributed by atoms with Crippen molar-refractivity contribution in [3.8, 4) is 0 Å². The Morgan fingerprint density at radius 3 is 2.60 bits per heavy atom. The van der Waals surface area contributed by atoms with Crippen molar-refractivity contribution in [3.63, 3.8) is 0 Å². The number of carbonyl (C=O) groups excluding carboxylic acids is 2. The lowest BCUT2D eigenvalue weighted by molar-refractivity contribution is -0.144. The molecule has 1 rings (SSSR count). The molecule has 1 amide bonds. The van der Waals surface area contributed by atoms with Crippen LogP contribution in [-0.4, -0.2) is 29.6 Å². The number of hydrogen-bond acceptors (Lipinski definition) is 4. The first-order valence-electron chi connectivity index (χ1n) is 5.92. The number of hydrogen-bond donors (Lipinski definition) is 2. The van der Waals surface area contributed by atoms with Crippen LogP contribution in [0.4, 0.5) is 5.69 Å². The predicted molar refractivity (Wildman–Crippen MR) is 72.9 cm³/mol. The van der Waals surface area contributed by atoms with Gasteiger partial charge in [-0.1, -0.05) is 11.6 Å². The maximum absolute atomic E-state index is 11.7. The second-order valence-corrected chi connectivity index (χ2v) is 4.28. The number of benzene rings is 1. The Balaban J connectivity index is 2.68. The van der Waals surface area contributed by atoms with Gasteiger partial charge in [0.1, 0.15) is 0 Å². The molecule has 108 valence electrons. The summed E-state index contributed by atoms with van der Waals surface area (Å²) in [6.07, 6.45) is -0.160. The molecule has 0 atom stereocenters. The lowest BCUT2D eigenvalue weighted by Gasteiger charge is -2.08. The van der Waals surface area contributed by atoms with Gasteiger partial charge in [-0.15, -0.1) is 0 Å². The molecular weight excluding hydrogens is 286 g/mol. The van der Waals surface area contributed by atoms with E-state index in [-0.39, 0.29) is 30.7 Å². The highest BCUT2D eigenvalue weighted by molar-refractivity contribution is 6.31. The van der Waals surface area contributed by atoms with Gasteiger partial charge >= 0.3 is 11.9 Å². The summed E-state index contributed by atoms with van der Waals surface area (Å²) >= 11 is 5.76. The van der Waals surface area contributed by atoms with Crippen molar-refractivity contribution >= 4 is 35.1 Å². The number of aromatic carboxylic acids is 1. The number of anilines is 1. The Bertz CT molecular complexity index is 529. The number of amides is 1. The predicted octanol–water partition coefficient (Wildman–Crippen LogP) is 2.32. The van der Waals surface area contributed by atoms with Crippen LogP contribution in [0.15, 0.2) is 18.2 Å². The lowest BCUT2D eigenvalue weighted by Crippen LogP contribution is -2.16. The second-order valence-electron chi connectivity index (χ2n) is 3.85. The largest absolute Gasteiger partial charge is 0.478 e. The number of nitrogens with one attached hydrogen (secondary N) is 1. The number of ether oxygens (including phenoxy) is 1. The smallest absolute Gasteiger partial charge is 0.337 e. The van der Waals surface area contributed by atoms with Crippen LogP contribution in [0.25, 0.3) is 0 Å². The monoisotopic (exact) mass is 299 g/mol. The van der Waals surface area contributed by atoms with Gasteiger partial charge in [0.2, 0.25) is 5.91 Å². The van der Waals surface area contributed by atoms with Gasteiger partial charge in [0.25, 0.3) is 0 Å². The molecule has 0 spiro atoms. The van der Waals surface area contributed by atoms with E-state index in [1.165, 1.54) is 18.2 Å². The van der Waals surface area contributed by atoms with Gasteiger partial charge in [0.05, 0.1) is 24.3 Å². The number of rotatable bonds is 6. The van der Waals surface area contributed by atoms with Gasteiger partial charge in [-0.3, -0.25) is 9.59 Å². The lowest BCUT2D eigenvalue weighted by atomic mass is 10.1. The maximum Gasteiger partial charge on any atom is 0.337 e. The quantitative estimate of drug-likeness (QED) is 0.786. The molecule has 0 fully saturated rings. The van der Waals surface area contributed by atoms with Crippen LogP contribution in [0.1, 0.15) is 30.1 Å². The van der Waals surface area contributed by atoms with E-state index in [4.69, 9.17) is 16.7 Å². The van der Waals surface area contributed by atoms with Crippen LogP contribution >= 0.6 is 11.6 Å². The zero-order chi connectivity index (χ0) is 15.1. The normalized spacial score (nSPS) is 9.90. The van der Waals surface area contributed by atoms with Crippen molar-refractivity contribution in [1.29, 1.82) is 0 Å². The first-order valence-corrected chi connectivity index (χ1v) is 6.30. The van der Waals surface area contributed by atoms with Gasteiger partial charge in [0.15, 0.2) is 0 Å². The summed E-state index contributed by atoms with van der Waals surface area (Å²) in [6.45, 7) is 1.92. The molecule has 2 N–H and O–H groups in total. The van der Waals surface area contributed by atoms with Gasteiger partial charge in [0, 0.05) is 11.4 Å². The first-order chi connectivity index (χ1) is 9.43. The van der Waals surface area contributed by atoms with Gasteiger partial charge in [-0.2, -0.15) is 0 Å². The fourth-order valence-electron chi connectivity index (χ4n) is 1.47. The minimum Gasteiger partial charge on any atom is -0.478 e. The molecule has 0 saturated carbocycles. The average molecular weight is 300 g/mol. The summed E-state index contributed by atoms with van der Waals surface area (Å²) in [5, 5.41) is 11.7. The van der Waals surface area contributed by atoms with Crippen molar-refractivity contribution in [2.24, 2.45) is 0 Å². The fraction of sp³-hybridized carbons (Fsp3) is 0.308. The number of carboxylic acids is 1. The minimum absolute atomic E-state index is 0.0668. The fourth-order valence-corrected chi connectivity index (χ4v) is 1.64. The highest BCUT2D eigenvalue weighted by Crippen LogP contribution is 2.21. The van der Waals surface area contributed by atoms with Crippen LogP contribution < -0.4 is 5.32 Å². The van der Waals surface area contributed by atoms with E-state index in [9.17, 15) is 14.4 Å². The van der Waals surface area contributed by atoms with Crippen LogP contribution in [0.5, 0.6) is 0 Å². The van der Waals surface area contributed by atoms with E-state index < -0.39 is 17.8 Å². The van der Waals surface area contributed by atoms with E-state index >= 15 is 0 Å². The molecule has 20 heavy (non-hydrogen) atoms. The first kappa shape index (κ1) is 16.0. The maximum atomic E-state index is 11.7. The summed E-state index contributed by atoms with van der Waals surface area (Å²) in [5.41, 5.74) is 0.0257. The Morgan fingerprint density at radius 2 is 2.00 bits per heavy atom. The summed E-state index contributed by atoms with van der Waals surface area (Å²) < 4.78 is 4.69. The number of esters is 1. The van der Waals surface area contributed by atoms with Gasteiger partial charge in [-0.05, 0) is 25.1 Å². The number of carbonyl (C=O) groups is 3. The van der Waals surface area contributed by atoms with E-state index in [0.29, 0.717) is 5.02 Å². The molecule has 0 radical (unpaired) electrons. The summed E-state index contributed by atoms with van der Waals surface area (Å²) in [5.74, 6) is -2.14. The molecule has 1 aromatic rings. The third-order valence-electron chi connectivity index (χ3n) is 2.35. The van der Waals surface area contributed by atoms with Crippen LogP contribution in [0, 0.1) is 0 Å². The van der Waals surface area contributed by atoms with Gasteiger partial charge in [-0.25, -0.2) is 4.79 Å². The Hall–Kier alpha value is -2.08. The zero-order valence-corrected chi connectivity index (χ0v) is 11.6. The van der Waals surface area contributed by atoms with Gasteiger partial charge < -0.3 is 15.2 Å². The third kappa shape index (κ3) is 4.89. The summed E-state index contributed by atoms with van der Waals surface area (Å²) in [4.78, 5) is 33.8. The van der Waals surface area contributed by atoms with Crippen LogP contribution in [0.3, 0.4) is 0 Å². The molecule has 7 heteroatoms. The van der Waals surface area contributed by atoms with E-state index in [2.05, 4.69) is 10.1 Å².